The van der Waals surface area contributed by atoms with Crippen molar-refractivity contribution in [1.82, 2.24) is 0 Å². The number of esters is 1. The molecule has 0 bridgehead atoms. The quantitative estimate of drug-likeness (QED) is 0.799. The van der Waals surface area contributed by atoms with Crippen LogP contribution in [0.25, 0.3) is 0 Å². The van der Waals surface area contributed by atoms with Crippen LogP contribution in [0.5, 0.6) is 5.75 Å². The summed E-state index contributed by atoms with van der Waals surface area (Å²) >= 11 is 0. The summed E-state index contributed by atoms with van der Waals surface area (Å²) in [6, 6.07) is 13.6. The molecule has 3 heteroatoms. The average molecular weight is 270 g/mol. The highest BCUT2D eigenvalue weighted by Crippen LogP contribution is 2.21. The molecule has 0 spiro atoms. The van der Waals surface area contributed by atoms with Crippen molar-refractivity contribution in [3.63, 3.8) is 0 Å². The van der Waals surface area contributed by atoms with Crippen molar-refractivity contribution in [2.45, 2.75) is 13.3 Å². The van der Waals surface area contributed by atoms with Crippen LogP contribution in [0.15, 0.2) is 42.5 Å². The van der Waals surface area contributed by atoms with Crippen LogP contribution in [0.1, 0.15) is 27.0 Å². The average Bonchev–Trinajstić information content (AvgIpc) is 2.47. The topological polar surface area (TPSA) is 35.5 Å². The maximum absolute atomic E-state index is 11.7. The molecule has 0 aliphatic rings. The summed E-state index contributed by atoms with van der Waals surface area (Å²) in [6.45, 7) is 2.01. The molecular formula is C17H18O3. The Hall–Kier alpha value is -2.29. The molecule has 0 fully saturated rings. The molecule has 0 radical (unpaired) electrons. The molecule has 0 N–H and O–H groups in total. The number of carbonyl (C=O) groups is 1. The zero-order chi connectivity index (χ0) is 14.5. The third-order valence-corrected chi connectivity index (χ3v) is 3.28. The summed E-state index contributed by atoms with van der Waals surface area (Å²) in [5.74, 6) is 0.570. The van der Waals surface area contributed by atoms with Gasteiger partial charge in [0.1, 0.15) is 5.75 Å². The van der Waals surface area contributed by atoms with Crippen LogP contribution in [0.2, 0.25) is 0 Å². The van der Waals surface area contributed by atoms with Crippen LogP contribution in [0.4, 0.5) is 0 Å². The van der Waals surface area contributed by atoms with Gasteiger partial charge in [0.05, 0.1) is 19.8 Å². The van der Waals surface area contributed by atoms with E-state index in [1.807, 2.05) is 37.3 Å². The van der Waals surface area contributed by atoms with Crippen LogP contribution < -0.4 is 4.74 Å². The van der Waals surface area contributed by atoms with E-state index in [0.717, 1.165) is 22.4 Å². The Bertz CT molecular complexity index is 617. The highest BCUT2D eigenvalue weighted by atomic mass is 16.5. The van der Waals surface area contributed by atoms with Gasteiger partial charge in [-0.2, -0.15) is 0 Å². The van der Waals surface area contributed by atoms with E-state index in [-0.39, 0.29) is 5.97 Å². The van der Waals surface area contributed by atoms with Gasteiger partial charge in [0.15, 0.2) is 0 Å². The molecule has 104 valence electrons. The molecule has 0 aliphatic carbocycles. The highest BCUT2D eigenvalue weighted by molar-refractivity contribution is 5.91. The summed E-state index contributed by atoms with van der Waals surface area (Å²) in [5, 5.41) is 0. The lowest BCUT2D eigenvalue weighted by atomic mass is 9.98. The minimum Gasteiger partial charge on any atom is -0.496 e. The number of hydrogen-bond donors (Lipinski definition) is 0. The van der Waals surface area contributed by atoms with Crippen molar-refractivity contribution in [2.24, 2.45) is 0 Å². The third-order valence-electron chi connectivity index (χ3n) is 3.28. The molecule has 0 saturated heterocycles. The van der Waals surface area contributed by atoms with Crippen LogP contribution in [-0.4, -0.2) is 20.2 Å². The summed E-state index contributed by atoms with van der Waals surface area (Å²) in [7, 11) is 3.06. The Morgan fingerprint density at radius 1 is 1.10 bits per heavy atom. The summed E-state index contributed by atoms with van der Waals surface area (Å²) in [6.07, 6.45) is 0.691. The second kappa shape index (κ2) is 6.24. The first-order chi connectivity index (χ1) is 9.65. The van der Waals surface area contributed by atoms with E-state index >= 15 is 0 Å². The van der Waals surface area contributed by atoms with E-state index in [9.17, 15) is 4.79 Å². The Labute approximate surface area is 119 Å². The first kappa shape index (κ1) is 14.1. The summed E-state index contributed by atoms with van der Waals surface area (Å²) < 4.78 is 10.1. The van der Waals surface area contributed by atoms with E-state index in [0.29, 0.717) is 12.0 Å². The van der Waals surface area contributed by atoms with E-state index in [1.54, 1.807) is 13.2 Å². The SMILES string of the molecule is COC(=O)c1ccccc1Cc1ccc(OC)c(C)c1. The smallest absolute Gasteiger partial charge is 0.338 e. The van der Waals surface area contributed by atoms with Gasteiger partial charge >= 0.3 is 5.97 Å². The molecule has 2 aromatic carbocycles. The monoisotopic (exact) mass is 270 g/mol. The van der Waals surface area contributed by atoms with Crippen molar-refractivity contribution in [2.75, 3.05) is 14.2 Å². The molecular weight excluding hydrogens is 252 g/mol. The van der Waals surface area contributed by atoms with Gasteiger partial charge in [0.25, 0.3) is 0 Å². The fraction of sp³-hybridized carbons (Fsp3) is 0.235. The van der Waals surface area contributed by atoms with Gasteiger partial charge in [-0.3, -0.25) is 0 Å². The number of carbonyl (C=O) groups excluding carboxylic acids is 1. The first-order valence-corrected chi connectivity index (χ1v) is 6.45. The lowest BCUT2D eigenvalue weighted by Gasteiger charge is -2.10. The molecule has 0 atom stereocenters. The highest BCUT2D eigenvalue weighted by Gasteiger charge is 2.11. The normalized spacial score (nSPS) is 10.2. The van der Waals surface area contributed by atoms with Gasteiger partial charge in [0.2, 0.25) is 0 Å². The molecule has 0 amide bonds. The van der Waals surface area contributed by atoms with Crippen LogP contribution in [-0.2, 0) is 11.2 Å². The Kier molecular flexibility index (Phi) is 4.41. The van der Waals surface area contributed by atoms with E-state index in [1.165, 1.54) is 7.11 Å². The van der Waals surface area contributed by atoms with Crippen molar-refractivity contribution in [3.8, 4) is 5.75 Å². The summed E-state index contributed by atoms with van der Waals surface area (Å²) in [4.78, 5) is 11.7. The second-order valence-corrected chi connectivity index (χ2v) is 4.63. The van der Waals surface area contributed by atoms with Crippen LogP contribution in [0.3, 0.4) is 0 Å². The predicted octanol–water partition coefficient (Wildman–Crippen LogP) is 3.38. The fourth-order valence-electron chi connectivity index (χ4n) is 2.25. The second-order valence-electron chi connectivity index (χ2n) is 4.63. The van der Waals surface area contributed by atoms with Crippen LogP contribution in [0, 0.1) is 6.92 Å². The Balaban J connectivity index is 2.30. The van der Waals surface area contributed by atoms with Gasteiger partial charge in [-0.05, 0) is 42.2 Å². The maximum Gasteiger partial charge on any atom is 0.338 e. The van der Waals surface area contributed by atoms with Crippen molar-refractivity contribution < 1.29 is 14.3 Å². The van der Waals surface area contributed by atoms with Gasteiger partial charge in [0, 0.05) is 0 Å². The molecule has 2 rings (SSSR count). The zero-order valence-electron chi connectivity index (χ0n) is 12.0. The minimum atomic E-state index is -0.300. The largest absolute Gasteiger partial charge is 0.496 e. The lowest BCUT2D eigenvalue weighted by Crippen LogP contribution is -2.06. The predicted molar refractivity (Wildman–Crippen MR) is 78.3 cm³/mol. The standard InChI is InChI=1S/C17H18O3/c1-12-10-13(8-9-16(12)19-2)11-14-6-4-5-7-15(14)17(18)20-3/h4-10H,11H2,1-3H3. The molecule has 2 aromatic rings. The van der Waals surface area contributed by atoms with Crippen molar-refractivity contribution in [3.05, 3.63) is 64.7 Å². The lowest BCUT2D eigenvalue weighted by molar-refractivity contribution is 0.0599. The minimum absolute atomic E-state index is 0.300. The Morgan fingerprint density at radius 2 is 1.85 bits per heavy atom. The molecule has 0 saturated carbocycles. The maximum atomic E-state index is 11.7. The van der Waals surface area contributed by atoms with Gasteiger partial charge < -0.3 is 9.47 Å². The van der Waals surface area contributed by atoms with Crippen molar-refractivity contribution in [1.29, 1.82) is 0 Å². The van der Waals surface area contributed by atoms with Gasteiger partial charge in [-0.25, -0.2) is 4.79 Å². The van der Waals surface area contributed by atoms with Gasteiger partial charge in [-0.1, -0.05) is 30.3 Å². The Morgan fingerprint density at radius 3 is 2.50 bits per heavy atom. The van der Waals surface area contributed by atoms with Gasteiger partial charge in [-0.15, -0.1) is 0 Å². The zero-order valence-corrected chi connectivity index (χ0v) is 12.0. The van der Waals surface area contributed by atoms with E-state index < -0.39 is 0 Å². The third kappa shape index (κ3) is 2.99. The molecule has 0 aromatic heterocycles. The number of rotatable bonds is 4. The van der Waals surface area contributed by atoms with E-state index in [4.69, 9.17) is 9.47 Å². The number of ether oxygens (including phenoxy) is 2. The molecule has 0 unspecified atom stereocenters. The molecule has 0 aliphatic heterocycles. The molecule has 3 nitrogen and oxygen atoms in total. The van der Waals surface area contributed by atoms with E-state index in [2.05, 4.69) is 6.07 Å². The van der Waals surface area contributed by atoms with Crippen LogP contribution >= 0.6 is 0 Å². The summed E-state index contributed by atoms with van der Waals surface area (Å²) in [5.41, 5.74) is 3.80. The number of benzene rings is 2. The fourth-order valence-corrected chi connectivity index (χ4v) is 2.25. The molecule has 20 heavy (non-hydrogen) atoms. The number of hydrogen-bond acceptors (Lipinski definition) is 3. The van der Waals surface area contributed by atoms with Crippen molar-refractivity contribution >= 4 is 5.97 Å². The molecule has 0 heterocycles. The number of methoxy groups -OCH3 is 2. The number of aryl methyl sites for hydroxylation is 1. The first-order valence-electron chi connectivity index (χ1n) is 6.45.